The Morgan fingerprint density at radius 2 is 2.26 bits per heavy atom. The van der Waals surface area contributed by atoms with E-state index in [4.69, 9.17) is 9.52 Å². The first-order valence-corrected chi connectivity index (χ1v) is 7.18. The monoisotopic (exact) mass is 277 g/mol. The smallest absolute Gasteiger partial charge is 0.339 e. The molecule has 19 heavy (non-hydrogen) atoms. The molecule has 1 aliphatic carbocycles. The van der Waals surface area contributed by atoms with Crippen molar-refractivity contribution in [2.75, 3.05) is 0 Å². The maximum Gasteiger partial charge on any atom is 0.339 e. The molecular formula is C14H15NO3S. The number of carboxylic acids is 1. The second-order valence-electron chi connectivity index (χ2n) is 4.78. The van der Waals surface area contributed by atoms with Crippen LogP contribution in [0.4, 0.5) is 0 Å². The normalized spacial score (nSPS) is 15.0. The lowest BCUT2D eigenvalue weighted by atomic mass is 10.2. The predicted octanol–water partition coefficient (Wildman–Crippen LogP) is 3.20. The number of hydrogen-bond donors (Lipinski definition) is 1. The molecule has 0 amide bonds. The quantitative estimate of drug-likeness (QED) is 0.881. The van der Waals surface area contributed by atoms with Crippen LogP contribution in [0.15, 0.2) is 34.3 Å². The van der Waals surface area contributed by atoms with Crippen molar-refractivity contribution in [2.24, 2.45) is 0 Å². The molecule has 0 unspecified atom stereocenters. The summed E-state index contributed by atoms with van der Waals surface area (Å²) in [7, 11) is 0. The fourth-order valence-electron chi connectivity index (χ4n) is 2.19. The molecular weight excluding hydrogens is 262 g/mol. The standard InChI is InChI=1S/C14H15NO3S/c16-14(17)12-5-6-18-13(12)9-15(10-3-4-10)8-11-2-1-7-19-11/h1-2,5-7,10H,3-4,8-9H2,(H,16,17). The molecule has 0 atom stereocenters. The maximum atomic E-state index is 11.1. The lowest BCUT2D eigenvalue weighted by molar-refractivity contribution is 0.0692. The molecule has 2 heterocycles. The van der Waals surface area contributed by atoms with Crippen molar-refractivity contribution in [3.05, 3.63) is 46.0 Å². The molecule has 0 aliphatic heterocycles. The van der Waals surface area contributed by atoms with Gasteiger partial charge in [0.15, 0.2) is 0 Å². The van der Waals surface area contributed by atoms with E-state index in [0.717, 1.165) is 6.54 Å². The first-order chi connectivity index (χ1) is 9.24. The number of carboxylic acid groups (broad SMARTS) is 1. The SMILES string of the molecule is O=C(O)c1ccoc1CN(Cc1cccs1)C1CC1. The summed E-state index contributed by atoms with van der Waals surface area (Å²) in [5.41, 5.74) is 0.275. The Kier molecular flexibility index (Phi) is 3.40. The zero-order valence-corrected chi connectivity index (χ0v) is 11.2. The van der Waals surface area contributed by atoms with Gasteiger partial charge in [-0.05, 0) is 30.4 Å². The van der Waals surface area contributed by atoms with Crippen LogP contribution in [0, 0.1) is 0 Å². The third-order valence-corrected chi connectivity index (χ3v) is 4.19. The van der Waals surface area contributed by atoms with E-state index in [2.05, 4.69) is 16.3 Å². The summed E-state index contributed by atoms with van der Waals surface area (Å²) in [6.07, 6.45) is 3.83. The molecule has 1 N–H and O–H groups in total. The van der Waals surface area contributed by atoms with Crippen LogP contribution in [-0.2, 0) is 13.1 Å². The Balaban J connectivity index is 1.74. The van der Waals surface area contributed by atoms with E-state index in [1.807, 2.05) is 6.07 Å². The van der Waals surface area contributed by atoms with Gasteiger partial charge >= 0.3 is 5.97 Å². The van der Waals surface area contributed by atoms with Gasteiger partial charge in [0.1, 0.15) is 11.3 Å². The van der Waals surface area contributed by atoms with Gasteiger partial charge < -0.3 is 9.52 Å². The van der Waals surface area contributed by atoms with Crippen molar-refractivity contribution in [1.29, 1.82) is 0 Å². The largest absolute Gasteiger partial charge is 0.478 e. The molecule has 100 valence electrons. The summed E-state index contributed by atoms with van der Waals surface area (Å²) in [5.74, 6) is -0.369. The molecule has 0 spiro atoms. The molecule has 3 rings (SSSR count). The van der Waals surface area contributed by atoms with Crippen LogP contribution >= 0.6 is 11.3 Å². The fourth-order valence-corrected chi connectivity index (χ4v) is 2.92. The minimum absolute atomic E-state index is 0.275. The summed E-state index contributed by atoms with van der Waals surface area (Å²) in [6, 6.07) is 6.24. The highest BCUT2D eigenvalue weighted by molar-refractivity contribution is 7.09. The number of rotatable bonds is 6. The number of carbonyl (C=O) groups is 1. The molecule has 5 heteroatoms. The van der Waals surface area contributed by atoms with Gasteiger partial charge in [0, 0.05) is 17.5 Å². The number of aromatic carboxylic acids is 1. The average molecular weight is 277 g/mol. The highest BCUT2D eigenvalue weighted by Gasteiger charge is 2.30. The molecule has 4 nitrogen and oxygen atoms in total. The molecule has 0 aromatic carbocycles. The highest BCUT2D eigenvalue weighted by Crippen LogP contribution is 2.31. The van der Waals surface area contributed by atoms with Gasteiger partial charge in [0.2, 0.25) is 0 Å². The van der Waals surface area contributed by atoms with E-state index in [-0.39, 0.29) is 5.56 Å². The van der Waals surface area contributed by atoms with Gasteiger partial charge in [-0.2, -0.15) is 0 Å². The van der Waals surface area contributed by atoms with Crippen molar-refractivity contribution in [3.8, 4) is 0 Å². The van der Waals surface area contributed by atoms with Gasteiger partial charge in [0.25, 0.3) is 0 Å². The zero-order valence-electron chi connectivity index (χ0n) is 10.4. The van der Waals surface area contributed by atoms with Gasteiger partial charge in [-0.25, -0.2) is 4.79 Å². The second kappa shape index (κ2) is 5.19. The van der Waals surface area contributed by atoms with Gasteiger partial charge in [-0.3, -0.25) is 4.90 Å². The van der Waals surface area contributed by atoms with Gasteiger partial charge in [0.05, 0.1) is 12.8 Å². The molecule has 0 radical (unpaired) electrons. The number of furan rings is 1. The van der Waals surface area contributed by atoms with Crippen LogP contribution in [-0.4, -0.2) is 22.0 Å². The maximum absolute atomic E-state index is 11.1. The Morgan fingerprint density at radius 3 is 2.89 bits per heavy atom. The summed E-state index contributed by atoms with van der Waals surface area (Å²) < 4.78 is 5.33. The highest BCUT2D eigenvalue weighted by atomic mass is 32.1. The Hall–Kier alpha value is -1.59. The van der Waals surface area contributed by atoms with Crippen molar-refractivity contribution in [2.45, 2.75) is 32.0 Å². The first kappa shape index (κ1) is 12.4. The van der Waals surface area contributed by atoms with E-state index in [9.17, 15) is 4.79 Å². The van der Waals surface area contributed by atoms with Crippen molar-refractivity contribution in [3.63, 3.8) is 0 Å². The van der Waals surface area contributed by atoms with Crippen LogP contribution in [0.3, 0.4) is 0 Å². The van der Waals surface area contributed by atoms with Crippen LogP contribution < -0.4 is 0 Å². The molecule has 1 aliphatic rings. The Morgan fingerprint density at radius 1 is 1.42 bits per heavy atom. The molecule has 1 saturated carbocycles. The molecule has 2 aromatic heterocycles. The lowest BCUT2D eigenvalue weighted by Gasteiger charge is -2.20. The van der Waals surface area contributed by atoms with Crippen molar-refractivity contribution in [1.82, 2.24) is 4.90 Å². The third kappa shape index (κ3) is 2.88. The van der Waals surface area contributed by atoms with E-state index < -0.39 is 5.97 Å². The summed E-state index contributed by atoms with van der Waals surface area (Å²) in [5, 5.41) is 11.2. The van der Waals surface area contributed by atoms with E-state index in [0.29, 0.717) is 18.3 Å². The summed E-state index contributed by atoms with van der Waals surface area (Å²) >= 11 is 1.73. The number of hydrogen-bond acceptors (Lipinski definition) is 4. The van der Waals surface area contributed by atoms with E-state index in [1.54, 1.807) is 11.3 Å². The van der Waals surface area contributed by atoms with E-state index in [1.165, 1.54) is 30.0 Å². The summed E-state index contributed by atoms with van der Waals surface area (Å²) in [4.78, 5) is 14.7. The third-order valence-electron chi connectivity index (χ3n) is 3.32. The van der Waals surface area contributed by atoms with Crippen LogP contribution in [0.2, 0.25) is 0 Å². The topological polar surface area (TPSA) is 53.7 Å². The van der Waals surface area contributed by atoms with Crippen LogP contribution in [0.1, 0.15) is 33.8 Å². The van der Waals surface area contributed by atoms with Crippen molar-refractivity contribution < 1.29 is 14.3 Å². The molecule has 0 bridgehead atoms. The molecule has 2 aromatic rings. The number of nitrogens with zero attached hydrogens (tertiary/aromatic N) is 1. The van der Waals surface area contributed by atoms with Gasteiger partial charge in [-0.15, -0.1) is 11.3 Å². The predicted molar refractivity (Wildman–Crippen MR) is 72.3 cm³/mol. The summed E-state index contributed by atoms with van der Waals surface area (Å²) in [6.45, 7) is 1.43. The fraction of sp³-hybridized carbons (Fsp3) is 0.357. The van der Waals surface area contributed by atoms with E-state index >= 15 is 0 Å². The minimum atomic E-state index is -0.921. The van der Waals surface area contributed by atoms with Crippen LogP contribution in [0.25, 0.3) is 0 Å². The lowest BCUT2D eigenvalue weighted by Crippen LogP contribution is -2.25. The first-order valence-electron chi connectivity index (χ1n) is 6.30. The van der Waals surface area contributed by atoms with Crippen molar-refractivity contribution >= 4 is 17.3 Å². The Labute approximate surface area is 115 Å². The molecule has 1 fully saturated rings. The average Bonchev–Trinajstić information content (AvgIpc) is 2.90. The molecule has 0 saturated heterocycles. The second-order valence-corrected chi connectivity index (χ2v) is 5.81. The van der Waals surface area contributed by atoms with Gasteiger partial charge in [-0.1, -0.05) is 6.07 Å². The minimum Gasteiger partial charge on any atom is -0.478 e. The Bertz CT molecular complexity index is 557. The van der Waals surface area contributed by atoms with Crippen LogP contribution in [0.5, 0.6) is 0 Å². The zero-order chi connectivity index (χ0) is 13.2. The number of thiophene rings is 1.